The first-order valence-corrected chi connectivity index (χ1v) is 11.6. The Morgan fingerprint density at radius 2 is 1.59 bits per heavy atom. The molecule has 0 radical (unpaired) electrons. The number of ether oxygens (including phenoxy) is 1. The lowest BCUT2D eigenvalue weighted by Gasteiger charge is -2.39. The fourth-order valence-electron chi connectivity index (χ4n) is 4.95. The van der Waals surface area contributed by atoms with Crippen molar-refractivity contribution in [3.63, 3.8) is 0 Å². The molecule has 0 aromatic heterocycles. The average molecular weight is 447 g/mol. The molecule has 1 amide bonds. The van der Waals surface area contributed by atoms with E-state index >= 15 is 0 Å². The standard InChI is InChI=1S/C27H27ClN2O2/c28-23-12-10-21(11-13-23)26(20-6-2-1-3-7-20)29-18-25(31)30-16-14-27(15-17-30)24-9-5-4-8-22(24)19-32-27/h1-13,26,29H,14-19H2/t26-/m0/s1. The van der Waals surface area contributed by atoms with Crippen LogP contribution < -0.4 is 5.32 Å². The summed E-state index contributed by atoms with van der Waals surface area (Å²) in [7, 11) is 0. The van der Waals surface area contributed by atoms with Gasteiger partial charge in [-0.2, -0.15) is 0 Å². The normalized spacial score (nSPS) is 17.8. The molecule has 2 heterocycles. The number of likely N-dealkylation sites (tertiary alicyclic amines) is 1. The highest BCUT2D eigenvalue weighted by atomic mass is 35.5. The van der Waals surface area contributed by atoms with Crippen LogP contribution in [0.25, 0.3) is 0 Å². The monoisotopic (exact) mass is 446 g/mol. The highest BCUT2D eigenvalue weighted by Gasteiger charge is 2.43. The molecule has 1 atom stereocenters. The Balaban J connectivity index is 1.24. The zero-order valence-electron chi connectivity index (χ0n) is 18.0. The number of halogens is 1. The summed E-state index contributed by atoms with van der Waals surface area (Å²) in [6, 6.07) is 26.4. The second-order valence-corrected chi connectivity index (χ2v) is 9.03. The van der Waals surface area contributed by atoms with E-state index in [9.17, 15) is 4.79 Å². The minimum absolute atomic E-state index is 0.0707. The Morgan fingerprint density at radius 3 is 2.34 bits per heavy atom. The number of benzene rings is 3. The number of carbonyl (C=O) groups excluding carboxylic acids is 1. The van der Waals surface area contributed by atoms with Gasteiger partial charge >= 0.3 is 0 Å². The Hall–Kier alpha value is -2.66. The van der Waals surface area contributed by atoms with E-state index in [2.05, 4.69) is 41.7 Å². The fourth-order valence-corrected chi connectivity index (χ4v) is 5.07. The van der Waals surface area contributed by atoms with Crippen molar-refractivity contribution >= 4 is 17.5 Å². The molecule has 0 unspecified atom stereocenters. The highest BCUT2D eigenvalue weighted by molar-refractivity contribution is 6.30. The lowest BCUT2D eigenvalue weighted by molar-refractivity contribution is -0.137. The largest absolute Gasteiger partial charge is 0.365 e. The van der Waals surface area contributed by atoms with Gasteiger partial charge in [0, 0.05) is 18.1 Å². The van der Waals surface area contributed by atoms with E-state index in [1.54, 1.807) is 0 Å². The third-order valence-electron chi connectivity index (χ3n) is 6.73. The van der Waals surface area contributed by atoms with Crippen LogP contribution in [0, 0.1) is 0 Å². The summed E-state index contributed by atoms with van der Waals surface area (Å²) in [5.41, 5.74) is 4.56. The highest BCUT2D eigenvalue weighted by Crippen LogP contribution is 2.43. The van der Waals surface area contributed by atoms with Crippen LogP contribution in [0.4, 0.5) is 0 Å². The molecule has 3 aromatic carbocycles. The van der Waals surface area contributed by atoms with E-state index < -0.39 is 0 Å². The van der Waals surface area contributed by atoms with Crippen molar-refractivity contribution in [2.24, 2.45) is 0 Å². The SMILES string of the molecule is O=C(CN[C@@H](c1ccccc1)c1ccc(Cl)cc1)N1CCC2(CC1)OCc1ccccc12. The summed E-state index contributed by atoms with van der Waals surface area (Å²) in [4.78, 5) is 15.0. The quantitative estimate of drug-likeness (QED) is 0.595. The second kappa shape index (κ2) is 9.07. The molecule has 164 valence electrons. The van der Waals surface area contributed by atoms with Crippen molar-refractivity contribution in [3.05, 3.63) is 106 Å². The number of hydrogen-bond donors (Lipinski definition) is 1. The van der Waals surface area contributed by atoms with Gasteiger partial charge in [0.05, 0.1) is 24.8 Å². The third-order valence-corrected chi connectivity index (χ3v) is 6.98. The van der Waals surface area contributed by atoms with Crippen LogP contribution in [0.5, 0.6) is 0 Å². The average Bonchev–Trinajstić information content (AvgIpc) is 3.19. The van der Waals surface area contributed by atoms with Gasteiger partial charge in [-0.3, -0.25) is 10.1 Å². The van der Waals surface area contributed by atoms with Gasteiger partial charge < -0.3 is 9.64 Å². The minimum atomic E-state index is -0.226. The number of piperidine rings is 1. The van der Waals surface area contributed by atoms with Crippen molar-refractivity contribution in [2.75, 3.05) is 19.6 Å². The smallest absolute Gasteiger partial charge is 0.236 e. The molecule has 4 nitrogen and oxygen atoms in total. The number of fused-ring (bicyclic) bond motifs is 2. The number of carbonyl (C=O) groups is 1. The predicted octanol–water partition coefficient (Wildman–Crippen LogP) is 5.07. The van der Waals surface area contributed by atoms with Crippen molar-refractivity contribution in [1.82, 2.24) is 10.2 Å². The molecule has 5 rings (SSSR count). The van der Waals surface area contributed by atoms with Crippen molar-refractivity contribution < 1.29 is 9.53 Å². The second-order valence-electron chi connectivity index (χ2n) is 8.60. The van der Waals surface area contributed by atoms with Gasteiger partial charge in [-0.1, -0.05) is 78.3 Å². The Kier molecular flexibility index (Phi) is 6.01. The molecule has 3 aromatic rings. The summed E-state index contributed by atoms with van der Waals surface area (Å²) in [6.45, 7) is 2.38. The number of hydrogen-bond acceptors (Lipinski definition) is 3. The molecule has 0 bridgehead atoms. The molecule has 5 heteroatoms. The zero-order chi connectivity index (χ0) is 22.0. The fraction of sp³-hybridized carbons (Fsp3) is 0.296. The molecule has 1 fully saturated rings. The third kappa shape index (κ3) is 4.18. The first-order valence-electron chi connectivity index (χ1n) is 11.2. The van der Waals surface area contributed by atoms with Crippen LogP contribution in [0.3, 0.4) is 0 Å². The van der Waals surface area contributed by atoms with E-state index in [-0.39, 0.29) is 24.1 Å². The summed E-state index contributed by atoms with van der Waals surface area (Å²) in [5.74, 6) is 0.126. The van der Waals surface area contributed by atoms with Crippen LogP contribution in [-0.4, -0.2) is 30.4 Å². The summed E-state index contributed by atoms with van der Waals surface area (Å²) in [5, 5.41) is 4.18. The van der Waals surface area contributed by atoms with Crippen LogP contribution in [0.1, 0.15) is 41.1 Å². The van der Waals surface area contributed by atoms with E-state index in [0.717, 1.165) is 24.0 Å². The molecular weight excluding hydrogens is 420 g/mol. The maximum atomic E-state index is 13.1. The topological polar surface area (TPSA) is 41.6 Å². The lowest BCUT2D eigenvalue weighted by Crippen LogP contribution is -2.48. The molecule has 0 saturated carbocycles. The van der Waals surface area contributed by atoms with E-state index in [4.69, 9.17) is 16.3 Å². The summed E-state index contributed by atoms with van der Waals surface area (Å²) >= 11 is 6.08. The van der Waals surface area contributed by atoms with Gasteiger partial charge in [0.1, 0.15) is 0 Å². The van der Waals surface area contributed by atoms with E-state index in [0.29, 0.717) is 24.7 Å². The Morgan fingerprint density at radius 1 is 0.938 bits per heavy atom. The molecule has 2 aliphatic heterocycles. The van der Waals surface area contributed by atoms with E-state index in [1.165, 1.54) is 11.1 Å². The molecule has 0 aliphatic carbocycles. The van der Waals surface area contributed by atoms with Crippen LogP contribution in [0.2, 0.25) is 5.02 Å². The molecule has 32 heavy (non-hydrogen) atoms. The molecule has 1 spiro atoms. The first-order chi connectivity index (χ1) is 15.6. The van der Waals surface area contributed by atoms with Gasteiger partial charge in [0.25, 0.3) is 0 Å². The number of rotatable bonds is 5. The number of amides is 1. The maximum Gasteiger partial charge on any atom is 0.236 e. The van der Waals surface area contributed by atoms with Crippen LogP contribution >= 0.6 is 11.6 Å². The number of nitrogens with zero attached hydrogens (tertiary/aromatic N) is 1. The molecule has 2 aliphatic rings. The predicted molar refractivity (Wildman–Crippen MR) is 126 cm³/mol. The van der Waals surface area contributed by atoms with Crippen molar-refractivity contribution in [2.45, 2.75) is 31.1 Å². The van der Waals surface area contributed by atoms with Crippen molar-refractivity contribution in [3.8, 4) is 0 Å². The van der Waals surface area contributed by atoms with Gasteiger partial charge in [0.2, 0.25) is 5.91 Å². The van der Waals surface area contributed by atoms with Crippen LogP contribution in [0.15, 0.2) is 78.9 Å². The minimum Gasteiger partial charge on any atom is -0.365 e. The summed E-state index contributed by atoms with van der Waals surface area (Å²) < 4.78 is 6.24. The Labute approximate surface area is 194 Å². The van der Waals surface area contributed by atoms with Gasteiger partial charge in [-0.15, -0.1) is 0 Å². The zero-order valence-corrected chi connectivity index (χ0v) is 18.7. The molecular formula is C27H27ClN2O2. The maximum absolute atomic E-state index is 13.1. The van der Waals surface area contributed by atoms with E-state index in [1.807, 2.05) is 47.4 Å². The van der Waals surface area contributed by atoms with Gasteiger partial charge in [-0.25, -0.2) is 0 Å². The summed E-state index contributed by atoms with van der Waals surface area (Å²) in [6.07, 6.45) is 1.68. The Bertz CT molecular complexity index is 1080. The van der Waals surface area contributed by atoms with Crippen LogP contribution in [-0.2, 0) is 21.7 Å². The first kappa shape index (κ1) is 21.2. The lowest BCUT2D eigenvalue weighted by atomic mass is 9.84. The van der Waals surface area contributed by atoms with Gasteiger partial charge in [-0.05, 0) is 47.2 Å². The number of nitrogens with one attached hydrogen (secondary N) is 1. The molecule has 1 saturated heterocycles. The van der Waals surface area contributed by atoms with Gasteiger partial charge in [0.15, 0.2) is 0 Å². The van der Waals surface area contributed by atoms with Crippen molar-refractivity contribution in [1.29, 1.82) is 0 Å². The molecule has 1 N–H and O–H groups in total.